The summed E-state index contributed by atoms with van der Waals surface area (Å²) in [6.07, 6.45) is 11.6. The lowest BCUT2D eigenvalue weighted by Gasteiger charge is -2.44. The van der Waals surface area contributed by atoms with Gasteiger partial charge in [-0.25, -0.2) is 0 Å². The van der Waals surface area contributed by atoms with Gasteiger partial charge in [0.25, 0.3) is 0 Å². The van der Waals surface area contributed by atoms with E-state index in [4.69, 9.17) is 0 Å². The Morgan fingerprint density at radius 3 is 2.48 bits per heavy atom. The number of hydrogen-bond acceptors (Lipinski definition) is 2. The van der Waals surface area contributed by atoms with Gasteiger partial charge in [0, 0.05) is 31.7 Å². The molecule has 0 aromatic carbocycles. The lowest BCUT2D eigenvalue weighted by molar-refractivity contribution is 0.0695. The first-order chi connectivity index (χ1) is 10.1. The predicted octanol–water partition coefficient (Wildman–Crippen LogP) is 4.06. The van der Waals surface area contributed by atoms with Gasteiger partial charge >= 0.3 is 0 Å². The Balaban J connectivity index is 1.63. The second-order valence-electron chi connectivity index (χ2n) is 8.91. The molecule has 2 nitrogen and oxygen atoms in total. The van der Waals surface area contributed by atoms with Crippen LogP contribution in [-0.4, -0.2) is 36.6 Å². The Hall–Kier alpha value is -0.0800. The van der Waals surface area contributed by atoms with Crippen molar-refractivity contribution in [1.82, 2.24) is 10.2 Å². The van der Waals surface area contributed by atoms with Gasteiger partial charge in [-0.2, -0.15) is 0 Å². The fourth-order valence-electron chi connectivity index (χ4n) is 4.46. The highest BCUT2D eigenvalue weighted by molar-refractivity contribution is 4.96. The van der Waals surface area contributed by atoms with E-state index in [9.17, 15) is 0 Å². The van der Waals surface area contributed by atoms with E-state index in [-0.39, 0.29) is 0 Å². The van der Waals surface area contributed by atoms with E-state index < -0.39 is 0 Å². The Morgan fingerprint density at radius 1 is 1.14 bits per heavy atom. The third-order valence-electron chi connectivity index (χ3n) is 5.73. The van der Waals surface area contributed by atoms with Crippen LogP contribution in [0.25, 0.3) is 0 Å². The summed E-state index contributed by atoms with van der Waals surface area (Å²) in [7, 11) is 0. The molecule has 3 saturated carbocycles. The monoisotopic (exact) mass is 292 g/mol. The molecule has 0 bridgehead atoms. The molecule has 0 heterocycles. The molecular formula is C19H36N2. The van der Waals surface area contributed by atoms with E-state index in [1.165, 1.54) is 71.0 Å². The van der Waals surface area contributed by atoms with Crippen LogP contribution in [0.15, 0.2) is 0 Å². The van der Waals surface area contributed by atoms with Gasteiger partial charge in [0.1, 0.15) is 0 Å². The van der Waals surface area contributed by atoms with Crippen LogP contribution in [0.5, 0.6) is 0 Å². The molecule has 0 saturated heterocycles. The van der Waals surface area contributed by atoms with Crippen molar-refractivity contribution in [2.24, 2.45) is 17.3 Å². The van der Waals surface area contributed by atoms with Crippen molar-refractivity contribution in [1.29, 1.82) is 0 Å². The van der Waals surface area contributed by atoms with Crippen molar-refractivity contribution in [3.8, 4) is 0 Å². The van der Waals surface area contributed by atoms with E-state index in [1.54, 1.807) is 0 Å². The molecule has 3 rings (SSSR count). The first-order valence-electron chi connectivity index (χ1n) is 9.54. The molecule has 1 N–H and O–H groups in total. The van der Waals surface area contributed by atoms with Crippen molar-refractivity contribution in [3.05, 3.63) is 0 Å². The second-order valence-corrected chi connectivity index (χ2v) is 8.91. The van der Waals surface area contributed by atoms with E-state index in [1.807, 2.05) is 0 Å². The molecule has 0 radical (unpaired) electrons. The zero-order valence-corrected chi connectivity index (χ0v) is 14.5. The summed E-state index contributed by atoms with van der Waals surface area (Å²) in [5, 5.41) is 3.88. The molecule has 0 aromatic heterocycles. The van der Waals surface area contributed by atoms with Crippen LogP contribution in [0, 0.1) is 17.3 Å². The summed E-state index contributed by atoms with van der Waals surface area (Å²) in [5.74, 6) is 1.74. The molecule has 3 aliphatic rings. The SMILES string of the molecule is CC(C)CN(CC1(CNC2CC2)CCCC(C)C1)C1CC1. The molecule has 2 atom stereocenters. The van der Waals surface area contributed by atoms with Crippen molar-refractivity contribution in [2.45, 2.75) is 84.2 Å². The number of nitrogens with one attached hydrogen (secondary N) is 1. The summed E-state index contributed by atoms with van der Waals surface area (Å²) in [5.41, 5.74) is 0.567. The average molecular weight is 293 g/mol. The quantitative estimate of drug-likeness (QED) is 0.726. The minimum absolute atomic E-state index is 0.567. The van der Waals surface area contributed by atoms with E-state index in [0.717, 1.165) is 23.9 Å². The Morgan fingerprint density at radius 2 is 1.90 bits per heavy atom. The van der Waals surface area contributed by atoms with Crippen molar-refractivity contribution < 1.29 is 0 Å². The number of rotatable bonds is 8. The highest BCUT2D eigenvalue weighted by Crippen LogP contribution is 2.42. The summed E-state index contributed by atoms with van der Waals surface area (Å²) in [4.78, 5) is 2.86. The fourth-order valence-corrected chi connectivity index (χ4v) is 4.46. The van der Waals surface area contributed by atoms with Crippen LogP contribution in [0.4, 0.5) is 0 Å². The van der Waals surface area contributed by atoms with Crippen LogP contribution < -0.4 is 5.32 Å². The second kappa shape index (κ2) is 6.58. The predicted molar refractivity (Wildman–Crippen MR) is 90.5 cm³/mol. The Labute approximate surface area is 132 Å². The lowest BCUT2D eigenvalue weighted by Crippen LogP contribution is -2.48. The Bertz CT molecular complexity index is 332. The van der Waals surface area contributed by atoms with Crippen LogP contribution in [-0.2, 0) is 0 Å². The highest BCUT2D eigenvalue weighted by Gasteiger charge is 2.40. The average Bonchev–Trinajstić information content (AvgIpc) is 3.27. The highest BCUT2D eigenvalue weighted by atomic mass is 15.2. The van der Waals surface area contributed by atoms with Crippen LogP contribution in [0.2, 0.25) is 0 Å². The van der Waals surface area contributed by atoms with Gasteiger partial charge in [0.2, 0.25) is 0 Å². The third kappa shape index (κ3) is 4.69. The maximum Gasteiger partial charge on any atom is 0.00967 e. The maximum absolute atomic E-state index is 3.88. The molecule has 2 heteroatoms. The van der Waals surface area contributed by atoms with Crippen molar-refractivity contribution in [2.75, 3.05) is 19.6 Å². The maximum atomic E-state index is 3.88. The first kappa shape index (κ1) is 15.8. The number of hydrogen-bond donors (Lipinski definition) is 1. The molecular weight excluding hydrogens is 256 g/mol. The molecule has 0 aromatic rings. The fraction of sp³-hybridized carbons (Fsp3) is 1.00. The molecule has 21 heavy (non-hydrogen) atoms. The minimum Gasteiger partial charge on any atom is -0.313 e. The normalized spacial score (nSPS) is 33.9. The van der Waals surface area contributed by atoms with Gasteiger partial charge in [-0.15, -0.1) is 0 Å². The molecule has 2 unspecified atom stereocenters. The molecule has 0 aliphatic heterocycles. The van der Waals surface area contributed by atoms with Gasteiger partial charge in [0.05, 0.1) is 0 Å². The van der Waals surface area contributed by atoms with E-state index in [2.05, 4.69) is 31.0 Å². The summed E-state index contributed by atoms with van der Waals surface area (Å²) in [6, 6.07) is 1.78. The van der Waals surface area contributed by atoms with Crippen molar-refractivity contribution in [3.63, 3.8) is 0 Å². The van der Waals surface area contributed by atoms with Crippen LogP contribution >= 0.6 is 0 Å². The van der Waals surface area contributed by atoms with Crippen LogP contribution in [0.1, 0.15) is 72.1 Å². The van der Waals surface area contributed by atoms with Crippen molar-refractivity contribution >= 4 is 0 Å². The smallest absolute Gasteiger partial charge is 0.00967 e. The Kier molecular flexibility index (Phi) is 4.95. The first-order valence-corrected chi connectivity index (χ1v) is 9.54. The van der Waals surface area contributed by atoms with E-state index >= 15 is 0 Å². The standard InChI is InChI=1S/C19H36N2/c1-15(2)12-21(18-8-9-18)14-19(13-20-17-6-7-17)10-4-5-16(3)11-19/h15-18,20H,4-14H2,1-3H3. The van der Waals surface area contributed by atoms with Gasteiger partial charge < -0.3 is 5.32 Å². The third-order valence-corrected chi connectivity index (χ3v) is 5.73. The molecule has 3 aliphatic carbocycles. The van der Waals surface area contributed by atoms with Crippen LogP contribution in [0.3, 0.4) is 0 Å². The lowest BCUT2D eigenvalue weighted by atomic mass is 9.69. The molecule has 122 valence electrons. The van der Waals surface area contributed by atoms with Gasteiger partial charge in [-0.1, -0.05) is 33.6 Å². The minimum atomic E-state index is 0.567. The largest absolute Gasteiger partial charge is 0.313 e. The summed E-state index contributed by atoms with van der Waals surface area (Å²) < 4.78 is 0. The molecule has 3 fully saturated rings. The van der Waals surface area contributed by atoms with Gasteiger partial charge in [-0.05, 0) is 55.8 Å². The summed E-state index contributed by atoms with van der Waals surface area (Å²) in [6.45, 7) is 11.2. The van der Waals surface area contributed by atoms with Gasteiger partial charge in [0.15, 0.2) is 0 Å². The number of nitrogens with zero attached hydrogens (tertiary/aromatic N) is 1. The topological polar surface area (TPSA) is 15.3 Å². The molecule has 0 amide bonds. The molecule has 0 spiro atoms. The summed E-state index contributed by atoms with van der Waals surface area (Å²) >= 11 is 0. The zero-order valence-electron chi connectivity index (χ0n) is 14.5. The van der Waals surface area contributed by atoms with E-state index in [0.29, 0.717) is 5.41 Å². The zero-order chi connectivity index (χ0) is 14.9. The van der Waals surface area contributed by atoms with Gasteiger partial charge in [-0.3, -0.25) is 4.90 Å².